The molecule has 0 saturated carbocycles. The van der Waals surface area contributed by atoms with Crippen molar-refractivity contribution in [1.82, 2.24) is 4.90 Å². The van der Waals surface area contributed by atoms with E-state index >= 15 is 0 Å². The maximum Gasteiger partial charge on any atom is 0.416 e. The van der Waals surface area contributed by atoms with E-state index in [0.717, 1.165) is 12.1 Å². The molecule has 3 amide bonds. The lowest BCUT2D eigenvalue weighted by Gasteiger charge is -2.16. The predicted octanol–water partition coefficient (Wildman–Crippen LogP) is 5.19. The van der Waals surface area contributed by atoms with Crippen molar-refractivity contribution in [2.24, 2.45) is 0 Å². The van der Waals surface area contributed by atoms with Crippen LogP contribution in [0.15, 0.2) is 41.3 Å². The van der Waals surface area contributed by atoms with Crippen molar-refractivity contribution in [3.05, 3.63) is 52.4 Å². The number of hydrogen-bond acceptors (Lipinski definition) is 7. The summed E-state index contributed by atoms with van der Waals surface area (Å²) in [6.45, 7) is 3.75. The van der Waals surface area contributed by atoms with E-state index in [2.05, 4.69) is 5.32 Å². The number of hydrogen-bond donors (Lipinski definition) is 1. The van der Waals surface area contributed by atoms with Crippen LogP contribution in [0.3, 0.4) is 0 Å². The van der Waals surface area contributed by atoms with Crippen molar-refractivity contribution in [2.75, 3.05) is 32.2 Å². The van der Waals surface area contributed by atoms with Gasteiger partial charge < -0.3 is 19.5 Å². The summed E-state index contributed by atoms with van der Waals surface area (Å²) >= 11 is 0.638. The van der Waals surface area contributed by atoms with Crippen molar-refractivity contribution < 1.29 is 41.8 Å². The highest BCUT2D eigenvalue weighted by molar-refractivity contribution is 8.18. The Morgan fingerprint density at radius 2 is 1.78 bits per heavy atom. The van der Waals surface area contributed by atoms with Crippen LogP contribution in [0, 0.1) is 0 Å². The van der Waals surface area contributed by atoms with Crippen LogP contribution in [0.5, 0.6) is 17.2 Å². The Hall–Kier alpha value is -3.67. The number of carbonyl (C=O) groups excluding carboxylic acids is 3. The van der Waals surface area contributed by atoms with Gasteiger partial charge in [0.25, 0.3) is 11.1 Å². The first-order valence-corrected chi connectivity index (χ1v) is 11.6. The summed E-state index contributed by atoms with van der Waals surface area (Å²) in [6, 6.07) is 7.63. The van der Waals surface area contributed by atoms with Gasteiger partial charge in [-0.25, -0.2) is 0 Å². The topological polar surface area (TPSA) is 94.2 Å². The van der Waals surface area contributed by atoms with Crippen LogP contribution in [0.2, 0.25) is 0 Å². The molecule has 0 radical (unpaired) electrons. The third-order valence-corrected chi connectivity index (χ3v) is 5.77. The van der Waals surface area contributed by atoms with E-state index in [9.17, 15) is 27.6 Å². The maximum atomic E-state index is 13.1. The zero-order valence-electron chi connectivity index (χ0n) is 19.6. The van der Waals surface area contributed by atoms with Gasteiger partial charge in [-0.3, -0.25) is 19.3 Å². The molecule has 0 unspecified atom stereocenters. The number of alkyl halides is 3. The summed E-state index contributed by atoms with van der Waals surface area (Å²) in [7, 11) is 1.23. The first kappa shape index (κ1) is 26.9. The second kappa shape index (κ2) is 11.4. The van der Waals surface area contributed by atoms with Gasteiger partial charge >= 0.3 is 6.18 Å². The lowest BCUT2D eigenvalue weighted by molar-refractivity contribution is -0.137. The molecular formula is C24H23F3N2O6S. The molecule has 2 aromatic rings. The molecule has 1 aliphatic heterocycles. The Morgan fingerprint density at radius 1 is 1.06 bits per heavy atom. The van der Waals surface area contributed by atoms with E-state index in [0.29, 0.717) is 53.0 Å². The number of thioether (sulfide) groups is 1. The van der Waals surface area contributed by atoms with Gasteiger partial charge in [-0.2, -0.15) is 13.2 Å². The highest BCUT2D eigenvalue weighted by Crippen LogP contribution is 2.37. The summed E-state index contributed by atoms with van der Waals surface area (Å²) in [5.74, 6) is -0.568. The van der Waals surface area contributed by atoms with Gasteiger partial charge in [0.1, 0.15) is 23.8 Å². The number of amides is 3. The standard InChI is InChI=1S/C24H23F3N2O6S/c1-4-34-16-8-6-14(19(12-16)35-5-2)10-20-22(31)29(23(32)36-20)13-21(30)28-17-11-15(24(25,26)27)7-9-18(17)33-3/h6-12H,4-5,13H2,1-3H3,(H,28,30)/b20-10-. The third kappa shape index (κ3) is 6.30. The number of carbonyl (C=O) groups is 3. The highest BCUT2D eigenvalue weighted by Gasteiger charge is 2.37. The average Bonchev–Trinajstić information content (AvgIpc) is 3.07. The Morgan fingerprint density at radius 3 is 2.42 bits per heavy atom. The van der Waals surface area contributed by atoms with Crippen LogP contribution in [0.25, 0.3) is 6.08 Å². The van der Waals surface area contributed by atoms with Crippen LogP contribution in [-0.4, -0.2) is 48.8 Å². The molecule has 1 heterocycles. The van der Waals surface area contributed by atoms with Crippen molar-refractivity contribution in [3.8, 4) is 17.2 Å². The number of ether oxygens (including phenoxy) is 3. The zero-order valence-corrected chi connectivity index (χ0v) is 20.4. The minimum Gasteiger partial charge on any atom is -0.495 e. The third-order valence-electron chi connectivity index (χ3n) is 4.86. The maximum absolute atomic E-state index is 13.1. The summed E-state index contributed by atoms with van der Waals surface area (Å²) in [4.78, 5) is 38.6. The molecule has 36 heavy (non-hydrogen) atoms. The Kier molecular flexibility index (Phi) is 8.51. The Balaban J connectivity index is 1.78. The largest absolute Gasteiger partial charge is 0.495 e. The molecule has 8 nitrogen and oxygen atoms in total. The van der Waals surface area contributed by atoms with Crippen molar-refractivity contribution >= 4 is 40.6 Å². The fourth-order valence-corrected chi connectivity index (χ4v) is 4.09. The fraction of sp³-hybridized carbons (Fsp3) is 0.292. The van der Waals surface area contributed by atoms with E-state index in [1.807, 2.05) is 6.92 Å². The molecule has 1 aliphatic rings. The van der Waals surface area contributed by atoms with Crippen LogP contribution in [0.1, 0.15) is 25.0 Å². The summed E-state index contributed by atoms with van der Waals surface area (Å²) in [5.41, 5.74) is -0.701. The van der Waals surface area contributed by atoms with Crippen LogP contribution >= 0.6 is 11.8 Å². The molecule has 12 heteroatoms. The minimum absolute atomic E-state index is 0.00987. The predicted molar refractivity (Wildman–Crippen MR) is 128 cm³/mol. The number of imide groups is 1. The lowest BCUT2D eigenvalue weighted by Crippen LogP contribution is -2.36. The van der Waals surface area contributed by atoms with Crippen molar-refractivity contribution in [3.63, 3.8) is 0 Å². The van der Waals surface area contributed by atoms with Gasteiger partial charge in [0, 0.05) is 11.6 Å². The molecular weight excluding hydrogens is 501 g/mol. The molecule has 1 fully saturated rings. The highest BCUT2D eigenvalue weighted by atomic mass is 32.2. The van der Waals surface area contributed by atoms with E-state index in [1.165, 1.54) is 13.2 Å². The van der Waals surface area contributed by atoms with E-state index in [1.54, 1.807) is 25.1 Å². The fourth-order valence-electron chi connectivity index (χ4n) is 3.26. The van der Waals surface area contributed by atoms with Crippen LogP contribution in [-0.2, 0) is 15.8 Å². The van der Waals surface area contributed by atoms with E-state index < -0.39 is 35.3 Å². The van der Waals surface area contributed by atoms with Gasteiger partial charge in [-0.15, -0.1) is 0 Å². The number of nitrogens with one attached hydrogen (secondary N) is 1. The number of rotatable bonds is 9. The lowest BCUT2D eigenvalue weighted by atomic mass is 10.1. The van der Waals surface area contributed by atoms with Gasteiger partial charge in [0.15, 0.2) is 0 Å². The summed E-state index contributed by atoms with van der Waals surface area (Å²) in [6.07, 6.45) is -3.16. The average molecular weight is 525 g/mol. The van der Waals surface area contributed by atoms with Gasteiger partial charge in [0.2, 0.25) is 5.91 Å². The van der Waals surface area contributed by atoms with Gasteiger partial charge in [0.05, 0.1) is 36.5 Å². The smallest absolute Gasteiger partial charge is 0.416 e. The number of benzene rings is 2. The number of halogens is 3. The monoisotopic (exact) mass is 524 g/mol. The second-order valence-corrected chi connectivity index (χ2v) is 8.29. The summed E-state index contributed by atoms with van der Waals surface area (Å²) in [5, 5.41) is 1.58. The van der Waals surface area contributed by atoms with Gasteiger partial charge in [-0.1, -0.05) is 0 Å². The number of anilines is 1. The molecule has 192 valence electrons. The first-order valence-electron chi connectivity index (χ1n) is 10.8. The molecule has 2 aromatic carbocycles. The van der Waals surface area contributed by atoms with Gasteiger partial charge in [-0.05, 0) is 62.0 Å². The number of methoxy groups -OCH3 is 1. The van der Waals surface area contributed by atoms with E-state index in [4.69, 9.17) is 14.2 Å². The molecule has 0 spiro atoms. The second-order valence-electron chi connectivity index (χ2n) is 7.29. The summed E-state index contributed by atoms with van der Waals surface area (Å²) < 4.78 is 55.2. The molecule has 3 rings (SSSR count). The molecule has 1 N–H and O–H groups in total. The zero-order chi connectivity index (χ0) is 26.5. The van der Waals surface area contributed by atoms with Crippen molar-refractivity contribution in [2.45, 2.75) is 20.0 Å². The normalized spacial score (nSPS) is 14.8. The Bertz CT molecular complexity index is 1200. The minimum atomic E-state index is -4.63. The quantitative estimate of drug-likeness (QED) is 0.452. The van der Waals surface area contributed by atoms with E-state index in [-0.39, 0.29) is 16.3 Å². The number of nitrogens with zero attached hydrogens (tertiary/aromatic N) is 1. The van der Waals surface area contributed by atoms with Crippen LogP contribution in [0.4, 0.5) is 23.7 Å². The molecule has 0 aliphatic carbocycles. The first-order chi connectivity index (χ1) is 17.1. The van der Waals surface area contributed by atoms with Crippen LogP contribution < -0.4 is 19.5 Å². The molecule has 0 bridgehead atoms. The molecule has 1 saturated heterocycles. The SMILES string of the molecule is CCOc1ccc(/C=C2\SC(=O)N(CC(=O)Nc3cc(C(F)(F)F)ccc3OC)C2=O)c(OCC)c1. The molecule has 0 atom stereocenters. The van der Waals surface area contributed by atoms with Crippen molar-refractivity contribution in [1.29, 1.82) is 0 Å². The molecule has 0 aromatic heterocycles. The Labute approximate surface area is 209 Å².